The van der Waals surface area contributed by atoms with Crippen molar-refractivity contribution in [2.75, 3.05) is 12.4 Å². The van der Waals surface area contributed by atoms with Gasteiger partial charge >= 0.3 is 0 Å². The molecule has 2 amide bonds. The number of carbonyl (C=O) groups excluding carboxylic acids is 2. The fourth-order valence-electron chi connectivity index (χ4n) is 2.27. The first-order chi connectivity index (χ1) is 11.5. The van der Waals surface area contributed by atoms with E-state index in [2.05, 4.69) is 5.32 Å². The first-order valence-electron chi connectivity index (χ1n) is 7.54. The van der Waals surface area contributed by atoms with Gasteiger partial charge in [-0.05, 0) is 37.1 Å². The second-order valence-electron chi connectivity index (χ2n) is 5.79. The van der Waals surface area contributed by atoms with Crippen LogP contribution < -0.4 is 5.32 Å². The lowest BCUT2D eigenvalue weighted by molar-refractivity contribution is -0.117. The number of nitrogens with zero attached hydrogens (tertiary/aromatic N) is 1. The number of benzene rings is 1. The van der Waals surface area contributed by atoms with Gasteiger partial charge in [-0.15, -0.1) is 11.3 Å². The number of nitrogens with one attached hydrogen (secondary N) is 1. The molecule has 0 atom stereocenters. The fourth-order valence-corrected chi connectivity index (χ4v) is 3.40. The topological polar surface area (TPSA) is 49.4 Å². The van der Waals surface area contributed by atoms with Crippen LogP contribution in [0.5, 0.6) is 0 Å². The number of hydrogen-bond acceptors (Lipinski definition) is 3. The highest BCUT2D eigenvalue weighted by Gasteiger charge is 2.30. The van der Waals surface area contributed by atoms with E-state index in [0.29, 0.717) is 14.9 Å². The molecule has 0 spiro atoms. The van der Waals surface area contributed by atoms with Gasteiger partial charge in [-0.25, -0.2) is 4.39 Å². The minimum Gasteiger partial charge on any atom is -0.337 e. The van der Waals surface area contributed by atoms with Crippen molar-refractivity contribution in [2.45, 2.75) is 19.4 Å². The average molecular weight is 367 g/mol. The van der Waals surface area contributed by atoms with Gasteiger partial charge in [0.1, 0.15) is 5.82 Å². The Morgan fingerprint density at radius 1 is 1.33 bits per heavy atom. The van der Waals surface area contributed by atoms with E-state index in [1.807, 2.05) is 0 Å². The maximum Gasteiger partial charge on any atom is 0.264 e. The number of thiophene rings is 1. The molecular formula is C17H16ClFN2O2S. The lowest BCUT2D eigenvalue weighted by Crippen LogP contribution is -2.26. The Labute approximate surface area is 148 Å². The summed E-state index contributed by atoms with van der Waals surface area (Å²) >= 11 is 7.21. The van der Waals surface area contributed by atoms with Crippen LogP contribution in [0.15, 0.2) is 30.3 Å². The lowest BCUT2D eigenvalue weighted by Gasteiger charge is -2.17. The van der Waals surface area contributed by atoms with Gasteiger partial charge in [0.25, 0.3) is 5.91 Å². The van der Waals surface area contributed by atoms with E-state index in [9.17, 15) is 14.0 Å². The lowest BCUT2D eigenvalue weighted by atomic mass is 10.2. The standard InChI is InChI=1S/C17H16ClFN2O2S/c1-21(9-11-12(18)3-2-4-13(11)19)17(23)14-7-8-15(24-14)20-16(22)10-5-6-10/h2-4,7-8,10H,5-6,9H2,1H3,(H,20,22). The highest BCUT2D eigenvalue weighted by Crippen LogP contribution is 2.32. The third kappa shape index (κ3) is 3.76. The predicted molar refractivity (Wildman–Crippen MR) is 92.9 cm³/mol. The minimum absolute atomic E-state index is 0.00217. The zero-order valence-corrected chi connectivity index (χ0v) is 14.6. The van der Waals surface area contributed by atoms with Crippen molar-refractivity contribution >= 4 is 39.8 Å². The van der Waals surface area contributed by atoms with Crippen LogP contribution in [0.3, 0.4) is 0 Å². The molecule has 7 heteroatoms. The quantitative estimate of drug-likeness (QED) is 0.863. The highest BCUT2D eigenvalue weighted by molar-refractivity contribution is 7.18. The second-order valence-corrected chi connectivity index (χ2v) is 7.28. The monoisotopic (exact) mass is 366 g/mol. The third-order valence-electron chi connectivity index (χ3n) is 3.81. The summed E-state index contributed by atoms with van der Waals surface area (Å²) in [5.74, 6) is -0.573. The Morgan fingerprint density at radius 3 is 2.75 bits per heavy atom. The van der Waals surface area contributed by atoms with Gasteiger partial charge in [0.15, 0.2) is 0 Å². The van der Waals surface area contributed by atoms with Crippen molar-refractivity contribution in [3.63, 3.8) is 0 Å². The number of rotatable bonds is 5. The zero-order chi connectivity index (χ0) is 17.3. The van der Waals surface area contributed by atoms with Crippen LogP contribution in [0, 0.1) is 11.7 Å². The third-order valence-corrected chi connectivity index (χ3v) is 5.16. The molecule has 0 radical (unpaired) electrons. The van der Waals surface area contributed by atoms with Gasteiger partial charge in [0, 0.05) is 23.6 Å². The molecule has 1 aliphatic carbocycles. The predicted octanol–water partition coefficient (Wildman–Crippen LogP) is 4.16. The van der Waals surface area contributed by atoms with Crippen LogP contribution in [-0.4, -0.2) is 23.8 Å². The van der Waals surface area contributed by atoms with Gasteiger partial charge in [-0.3, -0.25) is 9.59 Å². The maximum atomic E-state index is 13.8. The summed E-state index contributed by atoms with van der Waals surface area (Å²) in [7, 11) is 1.59. The highest BCUT2D eigenvalue weighted by atomic mass is 35.5. The molecule has 1 aromatic heterocycles. The van der Waals surface area contributed by atoms with Gasteiger partial charge < -0.3 is 10.2 Å². The summed E-state index contributed by atoms with van der Waals surface area (Å²) in [6.07, 6.45) is 1.85. The molecule has 0 bridgehead atoms. The van der Waals surface area contributed by atoms with Gasteiger partial charge in [0.2, 0.25) is 5.91 Å². The Balaban J connectivity index is 1.67. The van der Waals surface area contributed by atoms with E-state index in [1.54, 1.807) is 25.2 Å². The van der Waals surface area contributed by atoms with Crippen molar-refractivity contribution in [2.24, 2.45) is 5.92 Å². The van der Waals surface area contributed by atoms with Gasteiger partial charge in [0.05, 0.1) is 16.4 Å². The molecule has 126 valence electrons. The summed E-state index contributed by atoms with van der Waals surface area (Å²) in [5.41, 5.74) is 0.286. The molecule has 1 N–H and O–H groups in total. The van der Waals surface area contributed by atoms with Crippen LogP contribution in [0.1, 0.15) is 28.1 Å². The Kier molecular flexibility index (Phi) is 4.87. The van der Waals surface area contributed by atoms with Gasteiger partial charge in [-0.1, -0.05) is 17.7 Å². The first kappa shape index (κ1) is 16.9. The van der Waals surface area contributed by atoms with Crippen molar-refractivity contribution < 1.29 is 14.0 Å². The number of amides is 2. The zero-order valence-electron chi connectivity index (χ0n) is 13.0. The summed E-state index contributed by atoms with van der Waals surface area (Å²) in [4.78, 5) is 26.1. The second kappa shape index (κ2) is 6.91. The number of carbonyl (C=O) groups is 2. The molecule has 0 unspecified atom stereocenters. The van der Waals surface area contributed by atoms with E-state index in [4.69, 9.17) is 11.6 Å². The van der Waals surface area contributed by atoms with E-state index < -0.39 is 5.82 Å². The Bertz CT molecular complexity index is 768. The summed E-state index contributed by atoms with van der Waals surface area (Å²) in [6.45, 7) is 0.0754. The number of anilines is 1. The molecule has 0 aliphatic heterocycles. The molecule has 1 fully saturated rings. The van der Waals surface area contributed by atoms with Crippen molar-refractivity contribution in [1.82, 2.24) is 4.90 Å². The molecule has 4 nitrogen and oxygen atoms in total. The minimum atomic E-state index is -0.439. The number of hydrogen-bond donors (Lipinski definition) is 1. The maximum absolute atomic E-state index is 13.8. The SMILES string of the molecule is CN(Cc1c(F)cccc1Cl)C(=O)c1ccc(NC(=O)C2CC2)s1. The van der Waals surface area contributed by atoms with Crippen molar-refractivity contribution in [1.29, 1.82) is 0 Å². The van der Waals surface area contributed by atoms with Crippen LogP contribution in [0.4, 0.5) is 9.39 Å². The molecule has 0 saturated heterocycles. The van der Waals surface area contributed by atoms with Gasteiger partial charge in [-0.2, -0.15) is 0 Å². The van der Waals surface area contributed by atoms with Crippen molar-refractivity contribution in [3.8, 4) is 0 Å². The summed E-state index contributed by atoms with van der Waals surface area (Å²) < 4.78 is 13.8. The molecule has 2 aromatic rings. The molecule has 1 aromatic carbocycles. The van der Waals surface area contributed by atoms with E-state index in [1.165, 1.54) is 28.4 Å². The summed E-state index contributed by atoms with van der Waals surface area (Å²) in [5, 5.41) is 3.75. The normalized spacial score (nSPS) is 13.6. The van der Waals surface area contributed by atoms with Crippen LogP contribution in [-0.2, 0) is 11.3 Å². The van der Waals surface area contributed by atoms with E-state index in [-0.39, 0.29) is 29.8 Å². The molecular weight excluding hydrogens is 351 g/mol. The van der Waals surface area contributed by atoms with Crippen LogP contribution >= 0.6 is 22.9 Å². The summed E-state index contributed by atoms with van der Waals surface area (Å²) in [6, 6.07) is 7.80. The average Bonchev–Trinajstić information content (AvgIpc) is 3.30. The van der Waals surface area contributed by atoms with Crippen LogP contribution in [0.25, 0.3) is 0 Å². The van der Waals surface area contributed by atoms with Crippen molar-refractivity contribution in [3.05, 3.63) is 51.6 Å². The number of halogens is 2. The Morgan fingerprint density at radius 2 is 2.08 bits per heavy atom. The van der Waals surface area contributed by atoms with E-state index in [0.717, 1.165) is 12.8 Å². The largest absolute Gasteiger partial charge is 0.337 e. The molecule has 1 aliphatic rings. The molecule has 1 saturated carbocycles. The fraction of sp³-hybridized carbons (Fsp3) is 0.294. The molecule has 1 heterocycles. The van der Waals surface area contributed by atoms with E-state index >= 15 is 0 Å². The molecule has 24 heavy (non-hydrogen) atoms. The molecule has 3 rings (SSSR count). The first-order valence-corrected chi connectivity index (χ1v) is 8.74. The smallest absolute Gasteiger partial charge is 0.264 e. The van der Waals surface area contributed by atoms with Crippen LogP contribution in [0.2, 0.25) is 5.02 Å². The Hall–Kier alpha value is -1.92.